The fraction of sp³-hybridized carbons (Fsp3) is 0.615. The topological polar surface area (TPSA) is 89.8 Å². The van der Waals surface area contributed by atoms with Crippen LogP contribution in [0.4, 0.5) is 0 Å². The number of hydrogen-bond donors (Lipinski definition) is 4. The molecule has 1 aliphatic rings. The summed E-state index contributed by atoms with van der Waals surface area (Å²) in [5, 5.41) is 30.1. The number of carbonyl (C=O) groups excluding carboxylic acids is 1. The molecule has 1 aromatic rings. The highest BCUT2D eigenvalue weighted by Gasteiger charge is 2.31. The van der Waals surface area contributed by atoms with Gasteiger partial charge in [0.05, 0.1) is 24.7 Å². The van der Waals surface area contributed by atoms with Crippen LogP contribution in [0.1, 0.15) is 33.0 Å². The van der Waals surface area contributed by atoms with Gasteiger partial charge in [0.15, 0.2) is 0 Å². The Morgan fingerprint density at radius 1 is 1.21 bits per heavy atom. The smallest absolute Gasteiger partial charge is 0.262 e. The van der Waals surface area contributed by atoms with Crippen molar-refractivity contribution in [2.75, 3.05) is 19.8 Å². The SMILES string of the molecule is O=C(NC(CO)(CO)CO)c1cc2c(s1)CCCC2. The minimum atomic E-state index is -1.36. The van der Waals surface area contributed by atoms with Gasteiger partial charge in [0.25, 0.3) is 5.91 Å². The van der Waals surface area contributed by atoms with E-state index in [2.05, 4.69) is 5.32 Å². The average Bonchev–Trinajstić information content (AvgIpc) is 2.89. The molecule has 0 radical (unpaired) electrons. The third-order valence-electron chi connectivity index (χ3n) is 3.51. The number of hydrogen-bond acceptors (Lipinski definition) is 5. The monoisotopic (exact) mass is 285 g/mol. The van der Waals surface area contributed by atoms with Crippen LogP contribution in [0, 0.1) is 0 Å². The van der Waals surface area contributed by atoms with E-state index in [-0.39, 0.29) is 5.91 Å². The van der Waals surface area contributed by atoms with Crippen molar-refractivity contribution in [3.8, 4) is 0 Å². The molecule has 0 saturated carbocycles. The fourth-order valence-electron chi connectivity index (χ4n) is 2.17. The molecule has 1 heterocycles. The molecule has 19 heavy (non-hydrogen) atoms. The molecule has 0 spiro atoms. The number of fused-ring (bicyclic) bond motifs is 1. The molecule has 6 heteroatoms. The molecule has 1 aliphatic carbocycles. The Balaban J connectivity index is 2.13. The molecule has 5 nitrogen and oxygen atoms in total. The Morgan fingerprint density at radius 3 is 2.42 bits per heavy atom. The Labute approximate surface area is 115 Å². The van der Waals surface area contributed by atoms with Gasteiger partial charge in [-0.15, -0.1) is 11.3 Å². The summed E-state index contributed by atoms with van der Waals surface area (Å²) < 4.78 is 0. The number of nitrogens with one attached hydrogen (secondary N) is 1. The number of aliphatic hydroxyl groups excluding tert-OH is 3. The molecule has 0 unspecified atom stereocenters. The van der Waals surface area contributed by atoms with E-state index in [4.69, 9.17) is 0 Å². The summed E-state index contributed by atoms with van der Waals surface area (Å²) in [7, 11) is 0. The maximum absolute atomic E-state index is 12.1. The summed E-state index contributed by atoms with van der Waals surface area (Å²) in [5.41, 5.74) is -0.134. The first kappa shape index (κ1) is 14.5. The predicted molar refractivity (Wildman–Crippen MR) is 72.4 cm³/mol. The standard InChI is InChI=1S/C13H19NO4S/c15-6-13(7-16,8-17)14-12(18)11-5-9-3-1-2-4-10(9)19-11/h5,15-17H,1-4,6-8H2,(H,14,18). The lowest BCUT2D eigenvalue weighted by Gasteiger charge is -2.28. The number of rotatable bonds is 5. The van der Waals surface area contributed by atoms with E-state index >= 15 is 0 Å². The zero-order valence-corrected chi connectivity index (χ0v) is 11.5. The van der Waals surface area contributed by atoms with Crippen molar-refractivity contribution in [1.82, 2.24) is 5.32 Å². The van der Waals surface area contributed by atoms with Crippen molar-refractivity contribution >= 4 is 17.2 Å². The second-order valence-electron chi connectivity index (χ2n) is 4.97. The largest absolute Gasteiger partial charge is 0.394 e. The van der Waals surface area contributed by atoms with Crippen LogP contribution >= 0.6 is 11.3 Å². The third kappa shape index (κ3) is 2.97. The van der Waals surface area contributed by atoms with Gasteiger partial charge in [0.1, 0.15) is 5.54 Å². The molecule has 0 saturated heterocycles. The predicted octanol–water partition coefficient (Wildman–Crippen LogP) is 0.0724. The number of thiophene rings is 1. The van der Waals surface area contributed by atoms with Gasteiger partial charge in [-0.25, -0.2) is 0 Å². The van der Waals surface area contributed by atoms with Gasteiger partial charge in [-0.05, 0) is 37.3 Å². The molecule has 0 aromatic carbocycles. The van der Waals surface area contributed by atoms with Crippen LogP contribution in [0.3, 0.4) is 0 Å². The summed E-state index contributed by atoms with van der Waals surface area (Å²) in [6.45, 7) is -1.51. The average molecular weight is 285 g/mol. The molecule has 2 rings (SSSR count). The van der Waals surface area contributed by atoms with Crippen molar-refractivity contribution < 1.29 is 20.1 Å². The van der Waals surface area contributed by atoms with E-state index in [1.807, 2.05) is 6.07 Å². The minimum absolute atomic E-state index is 0.350. The Kier molecular flexibility index (Phi) is 4.57. The maximum atomic E-state index is 12.1. The second-order valence-corrected chi connectivity index (χ2v) is 6.11. The lowest BCUT2D eigenvalue weighted by atomic mass is 9.99. The number of aryl methyl sites for hydroxylation is 2. The van der Waals surface area contributed by atoms with Gasteiger partial charge in [0, 0.05) is 4.88 Å². The van der Waals surface area contributed by atoms with Crippen molar-refractivity contribution in [3.63, 3.8) is 0 Å². The molecule has 106 valence electrons. The molecular weight excluding hydrogens is 266 g/mol. The second kappa shape index (κ2) is 6.00. The van der Waals surface area contributed by atoms with E-state index in [0.717, 1.165) is 25.7 Å². The van der Waals surface area contributed by atoms with E-state index < -0.39 is 25.4 Å². The molecular formula is C13H19NO4S. The van der Waals surface area contributed by atoms with E-state index in [0.29, 0.717) is 4.88 Å². The summed E-state index contributed by atoms with van der Waals surface area (Å²) in [6.07, 6.45) is 4.32. The molecule has 4 N–H and O–H groups in total. The lowest BCUT2D eigenvalue weighted by molar-refractivity contribution is 0.0377. The highest BCUT2D eigenvalue weighted by Crippen LogP contribution is 2.29. The summed E-state index contributed by atoms with van der Waals surface area (Å²) >= 11 is 1.46. The van der Waals surface area contributed by atoms with Crippen molar-refractivity contribution in [2.45, 2.75) is 31.2 Å². The zero-order valence-electron chi connectivity index (χ0n) is 10.7. The minimum Gasteiger partial charge on any atom is -0.394 e. The van der Waals surface area contributed by atoms with Crippen molar-refractivity contribution in [2.24, 2.45) is 0 Å². The van der Waals surface area contributed by atoms with Crippen LogP contribution in [0.5, 0.6) is 0 Å². The Morgan fingerprint density at radius 2 is 1.84 bits per heavy atom. The zero-order chi connectivity index (χ0) is 13.9. The fourth-order valence-corrected chi connectivity index (χ4v) is 3.32. The van der Waals surface area contributed by atoms with Gasteiger partial charge in [-0.1, -0.05) is 0 Å². The highest BCUT2D eigenvalue weighted by molar-refractivity contribution is 7.14. The van der Waals surface area contributed by atoms with Gasteiger partial charge in [-0.2, -0.15) is 0 Å². The third-order valence-corrected chi connectivity index (χ3v) is 4.74. The summed E-state index contributed by atoms with van der Waals surface area (Å²) in [4.78, 5) is 13.9. The maximum Gasteiger partial charge on any atom is 0.262 e. The van der Waals surface area contributed by atoms with Crippen LogP contribution in [-0.2, 0) is 12.8 Å². The quantitative estimate of drug-likeness (QED) is 0.616. The van der Waals surface area contributed by atoms with Gasteiger partial charge < -0.3 is 20.6 Å². The molecule has 0 aliphatic heterocycles. The van der Waals surface area contributed by atoms with Gasteiger partial charge in [0.2, 0.25) is 0 Å². The van der Waals surface area contributed by atoms with E-state index in [9.17, 15) is 20.1 Å². The molecule has 1 aromatic heterocycles. The summed E-state index contributed by atoms with van der Waals surface area (Å²) in [5.74, 6) is -0.350. The van der Waals surface area contributed by atoms with Crippen molar-refractivity contribution in [3.05, 3.63) is 21.4 Å². The van der Waals surface area contributed by atoms with Crippen LogP contribution in [0.15, 0.2) is 6.07 Å². The van der Waals surface area contributed by atoms with Crippen LogP contribution in [-0.4, -0.2) is 46.6 Å². The normalized spacial score (nSPS) is 15.1. The van der Waals surface area contributed by atoms with Crippen LogP contribution < -0.4 is 5.32 Å². The number of carbonyl (C=O) groups is 1. The molecule has 0 bridgehead atoms. The number of amides is 1. The van der Waals surface area contributed by atoms with Crippen molar-refractivity contribution in [1.29, 1.82) is 0 Å². The first-order chi connectivity index (χ1) is 9.14. The van der Waals surface area contributed by atoms with Crippen LogP contribution in [0.25, 0.3) is 0 Å². The van der Waals surface area contributed by atoms with Gasteiger partial charge >= 0.3 is 0 Å². The lowest BCUT2D eigenvalue weighted by Crippen LogP contribution is -2.56. The summed E-state index contributed by atoms with van der Waals surface area (Å²) in [6, 6.07) is 1.88. The number of aliphatic hydroxyl groups is 3. The Hall–Kier alpha value is -0.950. The van der Waals surface area contributed by atoms with E-state index in [1.165, 1.54) is 21.8 Å². The van der Waals surface area contributed by atoms with Gasteiger partial charge in [-0.3, -0.25) is 4.79 Å². The first-order valence-corrected chi connectivity index (χ1v) is 7.22. The Bertz CT molecular complexity index is 422. The molecule has 0 fully saturated rings. The molecule has 0 atom stereocenters. The van der Waals surface area contributed by atoms with E-state index in [1.54, 1.807) is 0 Å². The van der Waals surface area contributed by atoms with Crippen LogP contribution in [0.2, 0.25) is 0 Å². The molecule has 1 amide bonds. The highest BCUT2D eigenvalue weighted by atomic mass is 32.1. The first-order valence-electron chi connectivity index (χ1n) is 6.41.